The Labute approximate surface area is 135 Å². The van der Waals surface area contributed by atoms with Crippen LogP contribution >= 0.6 is 15.9 Å². The maximum Gasteiger partial charge on any atom is 0.244 e. The van der Waals surface area contributed by atoms with Crippen molar-refractivity contribution in [2.24, 2.45) is 0 Å². The number of hydrogen-bond acceptors (Lipinski definition) is 3. The lowest BCUT2D eigenvalue weighted by Gasteiger charge is -2.16. The van der Waals surface area contributed by atoms with Gasteiger partial charge in [0, 0.05) is 4.47 Å². The fourth-order valence-electron chi connectivity index (χ4n) is 2.01. The highest BCUT2D eigenvalue weighted by molar-refractivity contribution is 9.10. The topological polar surface area (TPSA) is 59.8 Å². The summed E-state index contributed by atoms with van der Waals surface area (Å²) in [6.07, 6.45) is 0. The summed E-state index contributed by atoms with van der Waals surface area (Å²) in [4.78, 5) is 1.53. The van der Waals surface area contributed by atoms with Gasteiger partial charge in [0.05, 0.1) is 32.8 Å². The molecule has 5 nitrogen and oxygen atoms in total. The van der Waals surface area contributed by atoms with Gasteiger partial charge >= 0.3 is 0 Å². The third-order valence-corrected chi connectivity index (χ3v) is 5.24. The zero-order valence-electron chi connectivity index (χ0n) is 12.8. The molecule has 0 fully saturated rings. The maximum atomic E-state index is 12.4. The van der Waals surface area contributed by atoms with Crippen molar-refractivity contribution in [3.05, 3.63) is 22.7 Å². The molecule has 0 aliphatic rings. The molecule has 120 valence electrons. The molecule has 0 atom stereocenters. The largest absolute Gasteiger partial charge is 0.492 e. The second kappa shape index (κ2) is 8.73. The molecule has 21 heavy (non-hydrogen) atoms. The fraction of sp³-hybridized carbons (Fsp3) is 0.571. The monoisotopic (exact) mass is 379 g/mol. The molecule has 0 saturated heterocycles. The molecular weight excluding hydrogens is 356 g/mol. The predicted octanol–water partition coefficient (Wildman–Crippen LogP) is 1.05. The van der Waals surface area contributed by atoms with Crippen molar-refractivity contribution in [2.45, 2.75) is 25.7 Å². The van der Waals surface area contributed by atoms with Crippen LogP contribution in [0.5, 0.6) is 5.75 Å². The Morgan fingerprint density at radius 2 is 1.90 bits per heavy atom. The highest BCUT2D eigenvalue weighted by atomic mass is 79.9. The second-order valence-electron chi connectivity index (χ2n) is 4.63. The Balaban J connectivity index is 2.84. The van der Waals surface area contributed by atoms with Crippen molar-refractivity contribution in [3.8, 4) is 5.75 Å². The van der Waals surface area contributed by atoms with E-state index in [4.69, 9.17) is 4.74 Å². The summed E-state index contributed by atoms with van der Waals surface area (Å²) < 4.78 is 33.6. The molecule has 0 aromatic heterocycles. The molecule has 1 rings (SSSR count). The van der Waals surface area contributed by atoms with Crippen LogP contribution in [0.1, 0.15) is 20.8 Å². The van der Waals surface area contributed by atoms with Crippen LogP contribution in [0.4, 0.5) is 0 Å². The van der Waals surface area contributed by atoms with E-state index < -0.39 is 10.0 Å². The highest BCUT2D eigenvalue weighted by Gasteiger charge is 2.20. The van der Waals surface area contributed by atoms with Gasteiger partial charge in [-0.15, -0.1) is 0 Å². The molecule has 0 amide bonds. The predicted molar refractivity (Wildman–Crippen MR) is 87.4 cm³/mol. The number of benzene rings is 1. The number of likely N-dealkylation sites (N-methyl/N-ethyl adjacent to an activating group) is 1. The lowest BCUT2D eigenvalue weighted by atomic mass is 10.3. The van der Waals surface area contributed by atoms with E-state index in [9.17, 15) is 8.42 Å². The van der Waals surface area contributed by atoms with Gasteiger partial charge in [-0.2, -0.15) is 0 Å². The summed E-state index contributed by atoms with van der Waals surface area (Å²) in [5.74, 6) is 0.378. The second-order valence-corrected chi connectivity index (χ2v) is 7.28. The lowest BCUT2D eigenvalue weighted by molar-refractivity contribution is -0.895. The Morgan fingerprint density at radius 3 is 2.48 bits per heavy atom. The van der Waals surface area contributed by atoms with Gasteiger partial charge in [-0.3, -0.25) is 0 Å². The van der Waals surface area contributed by atoms with Gasteiger partial charge in [-0.25, -0.2) is 13.1 Å². The minimum atomic E-state index is -3.57. The first-order valence-corrected chi connectivity index (χ1v) is 9.47. The summed E-state index contributed by atoms with van der Waals surface area (Å²) in [6, 6.07) is 5.00. The molecule has 0 heterocycles. The molecule has 0 aliphatic heterocycles. The summed E-state index contributed by atoms with van der Waals surface area (Å²) in [7, 11) is -3.57. The summed E-state index contributed by atoms with van der Waals surface area (Å²) in [5.41, 5.74) is 0. The Kier molecular flexibility index (Phi) is 7.65. The van der Waals surface area contributed by atoms with E-state index in [0.29, 0.717) is 23.4 Å². The van der Waals surface area contributed by atoms with Gasteiger partial charge < -0.3 is 9.64 Å². The maximum absolute atomic E-state index is 12.4. The highest BCUT2D eigenvalue weighted by Crippen LogP contribution is 2.27. The Bertz CT molecular complexity index is 545. The molecule has 0 bridgehead atoms. The third kappa shape index (κ3) is 5.58. The van der Waals surface area contributed by atoms with E-state index in [2.05, 4.69) is 34.5 Å². The van der Waals surface area contributed by atoms with Gasteiger partial charge in [0.15, 0.2) is 0 Å². The number of sulfonamides is 1. The SMILES string of the molecule is CCOc1ccc(Br)cc1S(=O)(=O)NCC[NH+](CC)CC. The van der Waals surface area contributed by atoms with Gasteiger partial charge in [0.25, 0.3) is 0 Å². The van der Waals surface area contributed by atoms with E-state index >= 15 is 0 Å². The molecular formula is C14H24BrN2O3S+. The van der Waals surface area contributed by atoms with Gasteiger partial charge in [0.1, 0.15) is 10.6 Å². The number of hydrogen-bond donors (Lipinski definition) is 2. The van der Waals surface area contributed by atoms with E-state index in [1.54, 1.807) is 18.2 Å². The third-order valence-electron chi connectivity index (χ3n) is 3.27. The molecule has 0 saturated carbocycles. The quantitative estimate of drug-likeness (QED) is 0.674. The zero-order chi connectivity index (χ0) is 15.9. The van der Waals surface area contributed by atoms with Crippen LogP contribution < -0.4 is 14.4 Å². The van der Waals surface area contributed by atoms with Crippen LogP contribution in [0.25, 0.3) is 0 Å². The average molecular weight is 380 g/mol. The van der Waals surface area contributed by atoms with Crippen LogP contribution in [0.15, 0.2) is 27.6 Å². The molecule has 0 unspecified atom stereocenters. The number of ether oxygens (including phenoxy) is 1. The standard InChI is InChI=1S/C14H23BrN2O3S/c1-4-17(5-2)10-9-16-21(18,19)14-11-12(15)7-8-13(14)20-6-3/h7-8,11,16H,4-6,9-10H2,1-3H3/p+1. The molecule has 2 N–H and O–H groups in total. The van der Waals surface area contributed by atoms with Crippen LogP contribution in [0.2, 0.25) is 0 Å². The number of rotatable bonds is 9. The minimum absolute atomic E-state index is 0.174. The fourth-order valence-corrected chi connectivity index (χ4v) is 3.72. The van der Waals surface area contributed by atoms with Crippen molar-refractivity contribution in [1.82, 2.24) is 4.72 Å². The van der Waals surface area contributed by atoms with Gasteiger partial charge in [0.2, 0.25) is 10.0 Å². The first kappa shape index (κ1) is 18.4. The molecule has 0 radical (unpaired) electrons. The van der Waals surface area contributed by atoms with Crippen molar-refractivity contribution in [3.63, 3.8) is 0 Å². The van der Waals surface area contributed by atoms with E-state index in [1.165, 1.54) is 4.90 Å². The number of nitrogens with one attached hydrogen (secondary N) is 2. The molecule has 7 heteroatoms. The summed E-state index contributed by atoms with van der Waals surface area (Å²) >= 11 is 3.30. The van der Waals surface area contributed by atoms with Crippen molar-refractivity contribution in [2.75, 3.05) is 32.8 Å². The smallest absolute Gasteiger partial charge is 0.244 e. The van der Waals surface area contributed by atoms with E-state index in [1.807, 2.05) is 6.92 Å². The van der Waals surface area contributed by atoms with Crippen molar-refractivity contribution < 1.29 is 18.1 Å². The summed E-state index contributed by atoms with van der Waals surface area (Å²) in [5, 5.41) is 0. The molecule has 0 aliphatic carbocycles. The molecule has 1 aromatic rings. The average Bonchev–Trinajstić information content (AvgIpc) is 2.45. The Morgan fingerprint density at radius 1 is 1.24 bits per heavy atom. The first-order chi connectivity index (χ1) is 9.94. The normalized spacial score (nSPS) is 11.9. The number of halogens is 1. The van der Waals surface area contributed by atoms with Crippen molar-refractivity contribution in [1.29, 1.82) is 0 Å². The molecule has 1 aromatic carbocycles. The van der Waals surface area contributed by atoms with E-state index in [0.717, 1.165) is 19.6 Å². The van der Waals surface area contributed by atoms with Crippen LogP contribution in [0.3, 0.4) is 0 Å². The number of quaternary nitrogens is 1. The van der Waals surface area contributed by atoms with Crippen molar-refractivity contribution >= 4 is 26.0 Å². The van der Waals surface area contributed by atoms with Gasteiger partial charge in [-0.05, 0) is 39.0 Å². The van der Waals surface area contributed by atoms with Gasteiger partial charge in [-0.1, -0.05) is 15.9 Å². The zero-order valence-corrected chi connectivity index (χ0v) is 15.2. The molecule has 0 spiro atoms. The lowest BCUT2D eigenvalue weighted by Crippen LogP contribution is -3.12. The van der Waals surface area contributed by atoms with Crippen LogP contribution in [-0.4, -0.2) is 41.2 Å². The van der Waals surface area contributed by atoms with Crippen LogP contribution in [-0.2, 0) is 10.0 Å². The first-order valence-electron chi connectivity index (χ1n) is 7.20. The summed E-state index contributed by atoms with van der Waals surface area (Å²) in [6.45, 7) is 9.59. The minimum Gasteiger partial charge on any atom is -0.492 e. The van der Waals surface area contributed by atoms with E-state index in [-0.39, 0.29) is 4.90 Å². The Hall–Kier alpha value is -0.630. The van der Waals surface area contributed by atoms with Crippen LogP contribution in [0, 0.1) is 0 Å².